The Bertz CT molecular complexity index is 890. The highest BCUT2D eigenvalue weighted by atomic mass is 32.1. The summed E-state index contributed by atoms with van der Waals surface area (Å²) in [5.74, 6) is 5.66. The molecule has 2 aliphatic rings. The molecule has 2 aliphatic heterocycles. The number of likely N-dealkylation sites (tertiary alicyclic amines) is 1. The van der Waals surface area contributed by atoms with E-state index < -0.39 is 0 Å². The van der Waals surface area contributed by atoms with Crippen molar-refractivity contribution >= 4 is 23.3 Å². The second-order valence-corrected chi connectivity index (χ2v) is 9.45. The van der Waals surface area contributed by atoms with Crippen LogP contribution in [0.3, 0.4) is 0 Å². The van der Waals surface area contributed by atoms with Gasteiger partial charge in [0, 0.05) is 60.5 Å². The lowest BCUT2D eigenvalue weighted by Crippen LogP contribution is -2.51. The number of aromatic nitrogens is 2. The molecule has 0 aromatic carbocycles. The molecule has 4 rings (SSSR count). The third kappa shape index (κ3) is 4.50. The number of rotatable bonds is 7. The second kappa shape index (κ2) is 9.41. The van der Waals surface area contributed by atoms with Gasteiger partial charge in [-0.25, -0.2) is 4.98 Å². The lowest BCUT2D eigenvalue weighted by Gasteiger charge is -2.47. The molecule has 2 N–H and O–H groups in total. The maximum absolute atomic E-state index is 6.45. The van der Waals surface area contributed by atoms with Crippen LogP contribution in [0.25, 0.3) is 0 Å². The number of thiophene rings is 1. The quantitative estimate of drug-likeness (QED) is 0.418. The maximum Gasteiger partial charge on any atom is 0.0969 e. The van der Waals surface area contributed by atoms with Crippen LogP contribution in [0.5, 0.6) is 0 Å². The third-order valence-electron chi connectivity index (χ3n) is 6.28. The molecule has 1 fully saturated rings. The molecule has 4 heterocycles. The molecule has 0 bridgehead atoms. The predicted molar refractivity (Wildman–Crippen MR) is 123 cm³/mol. The van der Waals surface area contributed by atoms with Crippen LogP contribution in [0.1, 0.15) is 42.0 Å². The van der Waals surface area contributed by atoms with E-state index in [0.717, 1.165) is 57.6 Å². The fourth-order valence-corrected chi connectivity index (χ4v) is 5.77. The van der Waals surface area contributed by atoms with E-state index in [0.29, 0.717) is 12.6 Å². The highest BCUT2D eigenvalue weighted by Gasteiger charge is 2.44. The Hall–Kier alpha value is -2.03. The van der Waals surface area contributed by atoms with Crippen LogP contribution in [0.15, 0.2) is 34.9 Å². The van der Waals surface area contributed by atoms with Gasteiger partial charge in [0.25, 0.3) is 0 Å². The van der Waals surface area contributed by atoms with E-state index in [1.165, 1.54) is 15.3 Å². The molecule has 8 heteroatoms. The summed E-state index contributed by atoms with van der Waals surface area (Å²) in [4.78, 5) is 14.0. The van der Waals surface area contributed by atoms with E-state index in [1.807, 2.05) is 28.3 Å². The van der Waals surface area contributed by atoms with E-state index in [9.17, 15) is 0 Å². The normalized spacial score (nSPS) is 25.3. The van der Waals surface area contributed by atoms with Gasteiger partial charge in [0.2, 0.25) is 0 Å². The Balaban J connectivity index is 1.36. The minimum atomic E-state index is -0.119. The molecule has 30 heavy (non-hydrogen) atoms. The topological polar surface area (TPSA) is 81.0 Å². The summed E-state index contributed by atoms with van der Waals surface area (Å²) < 4.78 is 8.46. The van der Waals surface area contributed by atoms with Crippen molar-refractivity contribution in [3.8, 4) is 0 Å². The average molecular weight is 429 g/mol. The van der Waals surface area contributed by atoms with E-state index in [4.69, 9.17) is 10.6 Å². The maximum atomic E-state index is 6.45. The van der Waals surface area contributed by atoms with Gasteiger partial charge < -0.3 is 15.1 Å². The molecular formula is C22H32N6OS. The standard InChI is InChI=1S/C22H32N6OS/c1-3-19-12-20-21(30-19)4-11-29-22(20)5-8-28(17(2)13-22)15-18(26-23)14-24-6-9-27-10-7-25-16-27/h7,10,12,14,16-17H,3-6,8-9,11,13,15,23H2,1-2H3/b24-14?,26-18+/t17-,22+/m0/s1. The summed E-state index contributed by atoms with van der Waals surface area (Å²) in [6, 6.07) is 2.80. The van der Waals surface area contributed by atoms with Gasteiger partial charge in [-0.05, 0) is 37.8 Å². The minimum Gasteiger partial charge on any atom is -0.370 e. The van der Waals surface area contributed by atoms with Gasteiger partial charge in [-0.15, -0.1) is 11.3 Å². The molecule has 2 aromatic rings. The third-order valence-corrected chi connectivity index (χ3v) is 7.62. The van der Waals surface area contributed by atoms with Crippen molar-refractivity contribution in [1.29, 1.82) is 0 Å². The summed E-state index contributed by atoms with van der Waals surface area (Å²) in [5.41, 5.74) is 2.15. The minimum absolute atomic E-state index is 0.119. The number of nitrogens with two attached hydrogens (primary N) is 1. The van der Waals surface area contributed by atoms with Crippen molar-refractivity contribution in [3.63, 3.8) is 0 Å². The summed E-state index contributed by atoms with van der Waals surface area (Å²) in [7, 11) is 0. The number of aryl methyl sites for hydroxylation is 1. The van der Waals surface area contributed by atoms with Crippen LogP contribution in [0.2, 0.25) is 0 Å². The number of nitrogens with zero attached hydrogens (tertiary/aromatic N) is 5. The van der Waals surface area contributed by atoms with Gasteiger partial charge in [0.15, 0.2) is 0 Å². The van der Waals surface area contributed by atoms with E-state index in [1.54, 1.807) is 12.5 Å². The molecule has 2 atom stereocenters. The Morgan fingerprint density at radius 1 is 1.50 bits per heavy atom. The van der Waals surface area contributed by atoms with Gasteiger partial charge >= 0.3 is 0 Å². The second-order valence-electron chi connectivity index (χ2n) is 8.23. The van der Waals surface area contributed by atoms with Crippen molar-refractivity contribution in [2.24, 2.45) is 15.9 Å². The number of hydrazone groups is 1. The van der Waals surface area contributed by atoms with Crippen molar-refractivity contribution in [2.75, 3.05) is 26.2 Å². The van der Waals surface area contributed by atoms with Gasteiger partial charge in [0.05, 0.1) is 30.8 Å². The van der Waals surface area contributed by atoms with Crippen molar-refractivity contribution in [1.82, 2.24) is 14.5 Å². The molecule has 162 valence electrons. The van der Waals surface area contributed by atoms with E-state index in [2.05, 4.69) is 39.9 Å². The Morgan fingerprint density at radius 3 is 3.13 bits per heavy atom. The zero-order valence-corrected chi connectivity index (χ0v) is 18.8. The van der Waals surface area contributed by atoms with Crippen molar-refractivity contribution in [3.05, 3.63) is 40.1 Å². The van der Waals surface area contributed by atoms with Crippen molar-refractivity contribution < 1.29 is 4.74 Å². The first-order valence-electron chi connectivity index (χ1n) is 10.9. The summed E-state index contributed by atoms with van der Waals surface area (Å²) >= 11 is 1.98. The van der Waals surface area contributed by atoms with E-state index >= 15 is 0 Å². The van der Waals surface area contributed by atoms with Gasteiger partial charge in [-0.3, -0.25) is 9.89 Å². The van der Waals surface area contributed by atoms with Crippen LogP contribution in [-0.4, -0.2) is 58.7 Å². The lowest BCUT2D eigenvalue weighted by atomic mass is 9.79. The van der Waals surface area contributed by atoms with Crippen LogP contribution in [0.4, 0.5) is 0 Å². The first-order chi connectivity index (χ1) is 14.6. The Labute approximate surface area is 182 Å². The summed E-state index contributed by atoms with van der Waals surface area (Å²) in [6.07, 6.45) is 11.5. The fourth-order valence-electron chi connectivity index (χ4n) is 4.60. The smallest absolute Gasteiger partial charge is 0.0969 e. The molecule has 1 saturated heterocycles. The highest BCUT2D eigenvalue weighted by Crippen LogP contribution is 2.46. The lowest BCUT2D eigenvalue weighted by molar-refractivity contribution is -0.108. The molecule has 0 radical (unpaired) electrons. The molecule has 1 spiro atoms. The molecule has 0 saturated carbocycles. The number of piperidine rings is 1. The van der Waals surface area contributed by atoms with Gasteiger partial charge in [-0.2, -0.15) is 5.10 Å². The van der Waals surface area contributed by atoms with Crippen molar-refractivity contribution in [2.45, 2.75) is 57.7 Å². The first kappa shape index (κ1) is 21.2. The molecule has 0 amide bonds. The number of imidazole rings is 1. The van der Waals surface area contributed by atoms with E-state index in [-0.39, 0.29) is 5.60 Å². The van der Waals surface area contributed by atoms with Crippen LogP contribution < -0.4 is 5.84 Å². The van der Waals surface area contributed by atoms with Crippen LogP contribution in [-0.2, 0) is 29.7 Å². The molecule has 2 aromatic heterocycles. The van der Waals surface area contributed by atoms with Crippen LogP contribution >= 0.6 is 11.3 Å². The fraction of sp³-hybridized carbons (Fsp3) is 0.591. The number of aliphatic imine (C=N–C) groups is 1. The number of fused-ring (bicyclic) bond motifs is 2. The number of ether oxygens (including phenoxy) is 1. The first-order valence-corrected chi connectivity index (χ1v) is 11.7. The van der Waals surface area contributed by atoms with Crippen LogP contribution in [0, 0.1) is 0 Å². The SMILES string of the molecule is CCc1cc2c(s1)CCO[C@@]21CCN(C/C(C=NCCn2ccnc2)=N/N)[C@@H](C)C1. The largest absolute Gasteiger partial charge is 0.370 e. The van der Waals surface area contributed by atoms with Gasteiger partial charge in [-0.1, -0.05) is 6.92 Å². The molecular weight excluding hydrogens is 396 g/mol. The molecule has 0 aliphatic carbocycles. The zero-order valence-electron chi connectivity index (χ0n) is 18.0. The Kier molecular flexibility index (Phi) is 6.65. The Morgan fingerprint density at radius 2 is 2.40 bits per heavy atom. The monoisotopic (exact) mass is 428 g/mol. The summed E-state index contributed by atoms with van der Waals surface area (Å²) in [6.45, 7) is 8.54. The zero-order chi connectivity index (χ0) is 21.0. The molecule has 7 nitrogen and oxygen atoms in total. The highest BCUT2D eigenvalue weighted by molar-refractivity contribution is 7.12. The molecule has 0 unspecified atom stereocenters. The average Bonchev–Trinajstić information content (AvgIpc) is 3.42. The number of hydrogen-bond acceptors (Lipinski definition) is 7. The predicted octanol–water partition coefficient (Wildman–Crippen LogP) is 2.85. The summed E-state index contributed by atoms with van der Waals surface area (Å²) in [5, 5.41) is 3.98. The van der Waals surface area contributed by atoms with Gasteiger partial charge in [0.1, 0.15) is 0 Å². The number of hydrogen-bond donors (Lipinski definition) is 1.